The minimum atomic E-state index is -0.937. The number of amides is 3. The summed E-state index contributed by atoms with van der Waals surface area (Å²) in [6.07, 6.45) is 0. The molecule has 8 nitrogen and oxygen atoms in total. The number of nitrogens with two attached hydrogens (primary N) is 2. The quantitative estimate of drug-likeness (QED) is 0.196. The van der Waals surface area contributed by atoms with Gasteiger partial charge in [0.05, 0.1) is 19.1 Å². The minimum Gasteiger partial charge on any atom is -0.359 e. The standard InChI is InChI=1S/C10H14N4O4S/c11-7(5-19)10(18)14-4-9(17)13-3-6(15)1-2-8(12)16/h7,19H,3-5,11H2,(H2,12,16)(H,13,17)(H,14,18)/t7-/m0/s1. The van der Waals surface area contributed by atoms with Gasteiger partial charge in [-0.25, -0.2) is 0 Å². The van der Waals surface area contributed by atoms with Crippen molar-refractivity contribution in [2.45, 2.75) is 6.04 Å². The summed E-state index contributed by atoms with van der Waals surface area (Å²) >= 11 is 3.82. The number of carbonyl (C=O) groups excluding carboxylic acids is 4. The molecular weight excluding hydrogens is 272 g/mol. The number of carbonyl (C=O) groups is 4. The number of hydrogen-bond acceptors (Lipinski definition) is 6. The molecule has 1 atom stereocenters. The Hall–Kier alpha value is -2.05. The number of primary amides is 1. The van der Waals surface area contributed by atoms with Gasteiger partial charge in [0, 0.05) is 11.7 Å². The third-order valence-electron chi connectivity index (χ3n) is 1.73. The molecule has 0 saturated carbocycles. The van der Waals surface area contributed by atoms with Crippen LogP contribution < -0.4 is 22.1 Å². The molecule has 6 N–H and O–H groups in total. The molecule has 3 amide bonds. The lowest BCUT2D eigenvalue weighted by atomic mass is 10.3. The first-order valence-electron chi connectivity index (χ1n) is 5.12. The molecule has 0 radical (unpaired) electrons. The largest absolute Gasteiger partial charge is 0.359 e. The van der Waals surface area contributed by atoms with Crippen molar-refractivity contribution in [3.63, 3.8) is 0 Å². The first-order chi connectivity index (χ1) is 8.86. The van der Waals surface area contributed by atoms with Crippen LogP contribution in [0.1, 0.15) is 0 Å². The fourth-order valence-corrected chi connectivity index (χ4v) is 0.964. The van der Waals surface area contributed by atoms with Gasteiger partial charge in [-0.2, -0.15) is 12.6 Å². The van der Waals surface area contributed by atoms with Crippen molar-refractivity contribution < 1.29 is 19.2 Å². The Labute approximate surface area is 115 Å². The summed E-state index contributed by atoms with van der Waals surface area (Å²) in [4.78, 5) is 43.7. The van der Waals surface area contributed by atoms with Crippen LogP contribution in [0, 0.1) is 11.8 Å². The molecule has 0 spiro atoms. The third kappa shape index (κ3) is 8.64. The average Bonchev–Trinajstić information content (AvgIpc) is 2.38. The van der Waals surface area contributed by atoms with Gasteiger partial charge >= 0.3 is 0 Å². The van der Waals surface area contributed by atoms with Gasteiger partial charge in [-0.05, 0) is 5.92 Å². The van der Waals surface area contributed by atoms with E-state index in [9.17, 15) is 19.2 Å². The van der Waals surface area contributed by atoms with E-state index < -0.39 is 29.5 Å². The summed E-state index contributed by atoms with van der Waals surface area (Å²) < 4.78 is 0. The van der Waals surface area contributed by atoms with Crippen molar-refractivity contribution in [3.8, 4) is 11.8 Å². The van der Waals surface area contributed by atoms with Gasteiger partial charge in [0.2, 0.25) is 17.6 Å². The van der Waals surface area contributed by atoms with E-state index in [2.05, 4.69) is 23.3 Å². The highest BCUT2D eigenvalue weighted by molar-refractivity contribution is 7.80. The molecule has 9 heteroatoms. The lowest BCUT2D eigenvalue weighted by Gasteiger charge is -2.09. The Morgan fingerprint density at radius 3 is 2.26 bits per heavy atom. The van der Waals surface area contributed by atoms with Gasteiger partial charge in [-0.15, -0.1) is 0 Å². The molecule has 0 heterocycles. The van der Waals surface area contributed by atoms with E-state index in [-0.39, 0.29) is 18.8 Å². The van der Waals surface area contributed by atoms with Gasteiger partial charge in [0.25, 0.3) is 5.91 Å². The number of nitrogens with one attached hydrogen (secondary N) is 2. The molecule has 0 fully saturated rings. The Kier molecular flexibility index (Phi) is 7.99. The van der Waals surface area contributed by atoms with Crippen LogP contribution >= 0.6 is 12.6 Å². The van der Waals surface area contributed by atoms with Gasteiger partial charge in [0.15, 0.2) is 0 Å². The van der Waals surface area contributed by atoms with E-state index in [4.69, 9.17) is 11.5 Å². The monoisotopic (exact) mass is 286 g/mol. The highest BCUT2D eigenvalue weighted by Gasteiger charge is 2.12. The Morgan fingerprint density at radius 1 is 1.11 bits per heavy atom. The zero-order chi connectivity index (χ0) is 14.8. The molecule has 0 aliphatic heterocycles. The van der Waals surface area contributed by atoms with Crippen LogP contribution in [0.4, 0.5) is 0 Å². The number of thiol groups is 1. The maximum absolute atomic E-state index is 11.2. The molecular formula is C10H14N4O4S. The van der Waals surface area contributed by atoms with E-state index in [1.807, 2.05) is 11.8 Å². The van der Waals surface area contributed by atoms with Crippen LogP contribution in [-0.2, 0) is 19.2 Å². The van der Waals surface area contributed by atoms with Gasteiger partial charge in [0.1, 0.15) is 0 Å². The highest BCUT2D eigenvalue weighted by Crippen LogP contribution is 1.82. The summed E-state index contributed by atoms with van der Waals surface area (Å²) in [5.41, 5.74) is 10.1. The van der Waals surface area contributed by atoms with Crippen molar-refractivity contribution >= 4 is 36.1 Å². The van der Waals surface area contributed by atoms with Crippen molar-refractivity contribution in [2.24, 2.45) is 11.5 Å². The van der Waals surface area contributed by atoms with Crippen LogP contribution in [-0.4, -0.2) is 48.4 Å². The first-order valence-corrected chi connectivity index (χ1v) is 5.75. The van der Waals surface area contributed by atoms with E-state index in [1.54, 1.807) is 0 Å². The summed E-state index contributed by atoms with van der Waals surface area (Å²) in [6, 6.07) is -0.806. The van der Waals surface area contributed by atoms with Gasteiger partial charge in [-0.3, -0.25) is 19.2 Å². The van der Waals surface area contributed by atoms with Crippen LogP contribution in [0.25, 0.3) is 0 Å². The van der Waals surface area contributed by atoms with Crippen LogP contribution in [0.15, 0.2) is 0 Å². The Morgan fingerprint density at radius 2 is 1.74 bits per heavy atom. The second kappa shape index (κ2) is 8.96. The van der Waals surface area contributed by atoms with E-state index >= 15 is 0 Å². The third-order valence-corrected chi connectivity index (χ3v) is 2.12. The number of Topliss-reactive ketones (excluding diaryl/α,β-unsaturated/α-hetero) is 1. The molecule has 0 unspecified atom stereocenters. The fourth-order valence-electron chi connectivity index (χ4n) is 0.798. The molecule has 0 aromatic carbocycles. The second-order valence-corrected chi connectivity index (χ2v) is 3.69. The Balaban J connectivity index is 3.95. The predicted molar refractivity (Wildman–Crippen MR) is 69.8 cm³/mol. The summed E-state index contributed by atoms with van der Waals surface area (Å²) in [5.74, 6) is 1.19. The molecule has 19 heavy (non-hydrogen) atoms. The number of ketones is 1. The smallest absolute Gasteiger partial charge is 0.293 e. The average molecular weight is 286 g/mol. The summed E-state index contributed by atoms with van der Waals surface area (Å²) in [5, 5.41) is 4.46. The lowest BCUT2D eigenvalue weighted by Crippen LogP contribution is -2.46. The lowest BCUT2D eigenvalue weighted by molar-refractivity contribution is -0.127. The van der Waals surface area contributed by atoms with Crippen LogP contribution in [0.3, 0.4) is 0 Å². The summed E-state index contributed by atoms with van der Waals surface area (Å²) in [6.45, 7) is -0.704. The van der Waals surface area contributed by atoms with E-state index in [1.165, 1.54) is 0 Å². The zero-order valence-corrected chi connectivity index (χ0v) is 10.8. The van der Waals surface area contributed by atoms with Gasteiger partial charge in [-0.1, -0.05) is 0 Å². The van der Waals surface area contributed by atoms with Crippen molar-refractivity contribution in [2.75, 3.05) is 18.8 Å². The van der Waals surface area contributed by atoms with E-state index in [0.717, 1.165) is 0 Å². The minimum absolute atomic E-state index is 0.147. The molecule has 0 saturated heterocycles. The van der Waals surface area contributed by atoms with Crippen LogP contribution in [0.5, 0.6) is 0 Å². The zero-order valence-electron chi connectivity index (χ0n) is 9.93. The van der Waals surface area contributed by atoms with E-state index in [0.29, 0.717) is 0 Å². The van der Waals surface area contributed by atoms with Crippen molar-refractivity contribution in [1.29, 1.82) is 0 Å². The highest BCUT2D eigenvalue weighted by atomic mass is 32.1. The molecule has 0 aromatic heterocycles. The van der Waals surface area contributed by atoms with Crippen molar-refractivity contribution in [1.82, 2.24) is 10.6 Å². The molecule has 0 rings (SSSR count). The topological polar surface area (TPSA) is 144 Å². The normalized spacial score (nSPS) is 10.6. The van der Waals surface area contributed by atoms with Crippen LogP contribution in [0.2, 0.25) is 0 Å². The molecule has 104 valence electrons. The molecule has 0 aliphatic carbocycles. The number of rotatable bonds is 6. The molecule has 0 bridgehead atoms. The van der Waals surface area contributed by atoms with Gasteiger partial charge < -0.3 is 22.1 Å². The molecule has 0 aromatic rings. The second-order valence-electron chi connectivity index (χ2n) is 3.32. The Bertz CT molecular complexity index is 441. The van der Waals surface area contributed by atoms with Crippen molar-refractivity contribution in [3.05, 3.63) is 0 Å². The molecule has 0 aliphatic rings. The predicted octanol–water partition coefficient (Wildman–Crippen LogP) is -3.47. The maximum atomic E-state index is 11.2. The maximum Gasteiger partial charge on any atom is 0.293 e. The first kappa shape index (κ1) is 16.9. The SMILES string of the molecule is NC(=O)C#CC(=O)CNC(=O)CNC(=O)[C@@H](N)CS. The number of hydrogen-bond donors (Lipinski definition) is 5. The fraction of sp³-hybridized carbons (Fsp3) is 0.400. The summed E-state index contributed by atoms with van der Waals surface area (Å²) in [7, 11) is 0.